The summed E-state index contributed by atoms with van der Waals surface area (Å²) < 4.78 is 32.0. The predicted molar refractivity (Wildman–Crippen MR) is 118 cm³/mol. The van der Waals surface area contributed by atoms with Crippen molar-refractivity contribution in [3.63, 3.8) is 0 Å². The van der Waals surface area contributed by atoms with Gasteiger partial charge in [-0.15, -0.1) is 0 Å². The summed E-state index contributed by atoms with van der Waals surface area (Å²) in [5.74, 6) is -0.126. The van der Waals surface area contributed by atoms with Crippen LogP contribution in [0.4, 0.5) is 5.82 Å². The molecular weight excluding hydrogens is 432 g/mol. The van der Waals surface area contributed by atoms with E-state index in [4.69, 9.17) is 4.74 Å². The van der Waals surface area contributed by atoms with Crippen molar-refractivity contribution in [3.8, 4) is 0 Å². The van der Waals surface area contributed by atoms with Gasteiger partial charge in [-0.05, 0) is 43.2 Å². The van der Waals surface area contributed by atoms with Crippen LogP contribution < -0.4 is 4.90 Å². The molecule has 0 unspecified atom stereocenters. The van der Waals surface area contributed by atoms with Crippen molar-refractivity contribution >= 4 is 27.7 Å². The average molecular weight is 459 g/mol. The van der Waals surface area contributed by atoms with E-state index in [1.54, 1.807) is 11.1 Å². The van der Waals surface area contributed by atoms with Gasteiger partial charge in [-0.2, -0.15) is 4.31 Å². The van der Waals surface area contributed by atoms with Crippen LogP contribution in [0, 0.1) is 0 Å². The zero-order valence-corrected chi connectivity index (χ0v) is 18.5. The lowest BCUT2D eigenvalue weighted by Crippen LogP contribution is -2.50. The van der Waals surface area contributed by atoms with Crippen molar-refractivity contribution in [1.29, 1.82) is 0 Å². The largest absolute Gasteiger partial charge is 0.452 e. The Kier molecular flexibility index (Phi) is 6.71. The number of carbonyl (C=O) groups is 2. The molecule has 2 aliphatic rings. The summed E-state index contributed by atoms with van der Waals surface area (Å²) in [6.45, 7) is 2.90. The van der Waals surface area contributed by atoms with Crippen LogP contribution in [0.3, 0.4) is 0 Å². The van der Waals surface area contributed by atoms with Gasteiger partial charge < -0.3 is 14.5 Å². The Morgan fingerprint density at radius 1 is 0.938 bits per heavy atom. The van der Waals surface area contributed by atoms with Crippen molar-refractivity contribution in [2.24, 2.45) is 0 Å². The Bertz CT molecular complexity index is 1060. The minimum absolute atomic E-state index is 0.0609. The highest BCUT2D eigenvalue weighted by molar-refractivity contribution is 7.89. The van der Waals surface area contributed by atoms with Gasteiger partial charge >= 0.3 is 5.97 Å². The summed E-state index contributed by atoms with van der Waals surface area (Å²) in [5, 5.41) is 0. The number of hydrogen-bond acceptors (Lipinski definition) is 7. The molecule has 1 aromatic carbocycles. The van der Waals surface area contributed by atoms with E-state index in [-0.39, 0.29) is 23.0 Å². The van der Waals surface area contributed by atoms with Crippen molar-refractivity contribution < 1.29 is 22.7 Å². The van der Waals surface area contributed by atoms with Crippen molar-refractivity contribution in [1.82, 2.24) is 14.2 Å². The predicted octanol–water partition coefficient (Wildman–Crippen LogP) is 1.37. The molecule has 0 N–H and O–H groups in total. The normalized spacial score (nSPS) is 17.4. The van der Waals surface area contributed by atoms with Gasteiger partial charge in [-0.3, -0.25) is 4.79 Å². The van der Waals surface area contributed by atoms with Crippen LogP contribution in [0.5, 0.6) is 0 Å². The number of hydrogen-bond donors (Lipinski definition) is 0. The van der Waals surface area contributed by atoms with Crippen molar-refractivity contribution in [2.45, 2.75) is 17.7 Å². The number of piperazine rings is 1. The third-order valence-corrected chi connectivity index (χ3v) is 7.60. The van der Waals surface area contributed by atoms with Crippen LogP contribution in [0.2, 0.25) is 0 Å². The summed E-state index contributed by atoms with van der Waals surface area (Å²) in [7, 11) is -3.63. The lowest BCUT2D eigenvalue weighted by Gasteiger charge is -2.35. The van der Waals surface area contributed by atoms with Crippen LogP contribution in [0.15, 0.2) is 53.6 Å². The monoisotopic (exact) mass is 458 g/mol. The number of carbonyl (C=O) groups excluding carboxylic acids is 2. The molecule has 0 bridgehead atoms. The number of esters is 1. The molecule has 2 aromatic rings. The standard InChI is InChI=1S/C22H26N4O5S/c27-21(25-14-12-24(13-15-25)20-8-1-2-9-23-20)17-31-22(28)18-6-5-7-19(16-18)32(29,30)26-10-3-4-11-26/h1-2,5-9,16H,3-4,10-15,17H2. The van der Waals surface area contributed by atoms with E-state index >= 15 is 0 Å². The van der Waals surface area contributed by atoms with E-state index in [1.165, 1.54) is 28.6 Å². The number of rotatable bonds is 6. The Balaban J connectivity index is 1.31. The number of pyridine rings is 1. The summed E-state index contributed by atoms with van der Waals surface area (Å²) in [6, 6.07) is 11.5. The third kappa shape index (κ3) is 4.91. The fourth-order valence-corrected chi connectivity index (χ4v) is 5.45. The second kappa shape index (κ2) is 9.66. The van der Waals surface area contributed by atoms with E-state index in [9.17, 15) is 18.0 Å². The van der Waals surface area contributed by atoms with Crippen LogP contribution in [-0.2, 0) is 19.6 Å². The topological polar surface area (TPSA) is 100 Å². The molecule has 170 valence electrons. The number of nitrogens with zero attached hydrogens (tertiary/aromatic N) is 4. The van der Waals surface area contributed by atoms with Crippen LogP contribution in [-0.4, -0.2) is 80.4 Å². The molecule has 9 nitrogen and oxygen atoms in total. The Morgan fingerprint density at radius 2 is 1.69 bits per heavy atom. The maximum absolute atomic E-state index is 12.7. The highest BCUT2D eigenvalue weighted by atomic mass is 32.2. The molecule has 0 atom stereocenters. The molecule has 0 aliphatic carbocycles. The molecule has 1 amide bonds. The molecule has 2 fully saturated rings. The Labute approximate surface area is 187 Å². The fraction of sp³-hybridized carbons (Fsp3) is 0.409. The minimum atomic E-state index is -3.63. The number of benzene rings is 1. The van der Waals surface area contributed by atoms with Gasteiger partial charge in [0.05, 0.1) is 10.5 Å². The summed E-state index contributed by atoms with van der Waals surface area (Å²) >= 11 is 0. The SMILES string of the molecule is O=C(OCC(=O)N1CCN(c2ccccn2)CC1)c1cccc(S(=O)(=O)N2CCCC2)c1. The highest BCUT2D eigenvalue weighted by Crippen LogP contribution is 2.22. The first kappa shape index (κ1) is 22.2. The maximum Gasteiger partial charge on any atom is 0.338 e. The van der Waals surface area contributed by atoms with E-state index < -0.39 is 16.0 Å². The van der Waals surface area contributed by atoms with Gasteiger partial charge in [0.25, 0.3) is 5.91 Å². The van der Waals surface area contributed by atoms with Gasteiger partial charge in [0, 0.05) is 45.5 Å². The zero-order valence-electron chi connectivity index (χ0n) is 17.7. The van der Waals surface area contributed by atoms with E-state index in [0.717, 1.165) is 18.7 Å². The van der Waals surface area contributed by atoms with E-state index in [1.807, 2.05) is 18.2 Å². The lowest BCUT2D eigenvalue weighted by molar-refractivity contribution is -0.134. The molecule has 0 saturated carbocycles. The number of aromatic nitrogens is 1. The number of anilines is 1. The van der Waals surface area contributed by atoms with Gasteiger partial charge in [-0.1, -0.05) is 12.1 Å². The minimum Gasteiger partial charge on any atom is -0.452 e. The summed E-state index contributed by atoms with van der Waals surface area (Å²) in [4.78, 5) is 33.1. The summed E-state index contributed by atoms with van der Waals surface area (Å²) in [6.07, 6.45) is 3.40. The second-order valence-corrected chi connectivity index (χ2v) is 9.71. The van der Waals surface area contributed by atoms with Crippen LogP contribution in [0.25, 0.3) is 0 Å². The molecular formula is C22H26N4O5S. The smallest absolute Gasteiger partial charge is 0.338 e. The van der Waals surface area contributed by atoms with Crippen LogP contribution in [0.1, 0.15) is 23.2 Å². The Hall–Kier alpha value is -2.98. The molecule has 4 rings (SSSR count). The lowest BCUT2D eigenvalue weighted by atomic mass is 10.2. The fourth-order valence-electron chi connectivity index (χ4n) is 3.89. The maximum atomic E-state index is 12.7. The first-order valence-corrected chi connectivity index (χ1v) is 12.1. The zero-order chi connectivity index (χ0) is 22.6. The molecule has 0 radical (unpaired) electrons. The Morgan fingerprint density at radius 3 is 2.38 bits per heavy atom. The van der Waals surface area contributed by atoms with Gasteiger partial charge in [0.1, 0.15) is 5.82 Å². The third-order valence-electron chi connectivity index (χ3n) is 5.70. The van der Waals surface area contributed by atoms with E-state index in [2.05, 4.69) is 9.88 Å². The van der Waals surface area contributed by atoms with E-state index in [0.29, 0.717) is 39.3 Å². The first-order valence-electron chi connectivity index (χ1n) is 10.7. The first-order chi connectivity index (χ1) is 15.4. The second-order valence-electron chi connectivity index (χ2n) is 7.77. The van der Waals surface area contributed by atoms with Gasteiger partial charge in [0.15, 0.2) is 6.61 Å². The van der Waals surface area contributed by atoms with Gasteiger partial charge in [0.2, 0.25) is 10.0 Å². The number of amides is 1. The van der Waals surface area contributed by atoms with Crippen molar-refractivity contribution in [2.75, 3.05) is 50.8 Å². The van der Waals surface area contributed by atoms with Crippen molar-refractivity contribution in [3.05, 3.63) is 54.2 Å². The average Bonchev–Trinajstić information content (AvgIpc) is 3.39. The molecule has 0 spiro atoms. The number of ether oxygens (including phenoxy) is 1. The van der Waals surface area contributed by atoms with Gasteiger partial charge in [-0.25, -0.2) is 18.2 Å². The quantitative estimate of drug-likeness (QED) is 0.603. The van der Waals surface area contributed by atoms with Crippen LogP contribution >= 0.6 is 0 Å². The number of sulfonamides is 1. The molecule has 3 heterocycles. The molecule has 2 saturated heterocycles. The molecule has 10 heteroatoms. The molecule has 32 heavy (non-hydrogen) atoms. The molecule has 1 aromatic heterocycles. The highest BCUT2D eigenvalue weighted by Gasteiger charge is 2.28. The summed E-state index contributed by atoms with van der Waals surface area (Å²) in [5.41, 5.74) is 0.109. The molecule has 2 aliphatic heterocycles.